The van der Waals surface area contributed by atoms with E-state index in [2.05, 4.69) is 27.4 Å². The third-order valence-corrected chi connectivity index (χ3v) is 6.60. The fraction of sp³-hybridized carbons (Fsp3) is 0.360. The normalized spacial score (nSPS) is 17.9. The number of fused-ring (bicyclic) bond motifs is 1. The molecule has 2 fully saturated rings. The average Bonchev–Trinajstić information content (AvgIpc) is 3.52. The van der Waals surface area contributed by atoms with Crippen molar-refractivity contribution in [1.29, 1.82) is 0 Å². The zero-order valence-corrected chi connectivity index (χ0v) is 17.9. The van der Waals surface area contributed by atoms with Crippen LogP contribution in [0.4, 0.5) is 10.1 Å². The number of halogens is 1. The molecular formula is C25H27FN4O. The van der Waals surface area contributed by atoms with Gasteiger partial charge < -0.3 is 10.6 Å². The van der Waals surface area contributed by atoms with Crippen molar-refractivity contribution in [2.45, 2.75) is 38.3 Å². The van der Waals surface area contributed by atoms with E-state index in [1.165, 1.54) is 6.07 Å². The van der Waals surface area contributed by atoms with Crippen LogP contribution in [0.3, 0.4) is 0 Å². The highest BCUT2D eigenvalue weighted by Crippen LogP contribution is 2.48. The van der Waals surface area contributed by atoms with E-state index < -0.39 is 5.54 Å². The number of pyridine rings is 1. The summed E-state index contributed by atoms with van der Waals surface area (Å²) in [7, 11) is 0. The molecule has 2 aliphatic rings. The number of hydrogen-bond acceptors (Lipinski definition) is 4. The molecule has 1 aliphatic heterocycles. The summed E-state index contributed by atoms with van der Waals surface area (Å²) in [4.78, 5) is 19.9. The van der Waals surface area contributed by atoms with Gasteiger partial charge in [0, 0.05) is 35.9 Å². The second-order valence-corrected chi connectivity index (χ2v) is 8.75. The van der Waals surface area contributed by atoms with E-state index in [0.29, 0.717) is 17.1 Å². The van der Waals surface area contributed by atoms with Crippen molar-refractivity contribution in [3.63, 3.8) is 0 Å². The Morgan fingerprint density at radius 3 is 2.77 bits per heavy atom. The molecule has 1 aromatic heterocycles. The number of amides is 1. The van der Waals surface area contributed by atoms with Crippen molar-refractivity contribution in [1.82, 2.24) is 15.2 Å². The number of aryl methyl sites for hydroxylation is 1. The number of likely N-dealkylation sites (tertiary alicyclic amines) is 1. The molecule has 0 radical (unpaired) electrons. The summed E-state index contributed by atoms with van der Waals surface area (Å²) >= 11 is 0. The van der Waals surface area contributed by atoms with Gasteiger partial charge in [0.1, 0.15) is 11.3 Å². The number of nitrogens with one attached hydrogen (secondary N) is 2. The van der Waals surface area contributed by atoms with Gasteiger partial charge in [-0.15, -0.1) is 0 Å². The fourth-order valence-corrected chi connectivity index (χ4v) is 4.54. The predicted molar refractivity (Wildman–Crippen MR) is 121 cm³/mol. The summed E-state index contributed by atoms with van der Waals surface area (Å²) in [5.41, 5.74) is 3.41. The Labute approximate surface area is 181 Å². The number of nitrogens with zero attached hydrogens (tertiary/aromatic N) is 2. The van der Waals surface area contributed by atoms with Crippen molar-refractivity contribution in [2.75, 3.05) is 25.0 Å². The predicted octanol–water partition coefficient (Wildman–Crippen LogP) is 4.22. The summed E-state index contributed by atoms with van der Waals surface area (Å²) in [6, 6.07) is 13.3. The third kappa shape index (κ3) is 3.65. The number of aromatic nitrogens is 1. The Morgan fingerprint density at radius 2 is 2.03 bits per heavy atom. The molecule has 1 amide bonds. The van der Waals surface area contributed by atoms with Gasteiger partial charge in [0.15, 0.2) is 0 Å². The van der Waals surface area contributed by atoms with Crippen molar-refractivity contribution >= 4 is 22.5 Å². The van der Waals surface area contributed by atoms with Crippen LogP contribution < -0.4 is 10.6 Å². The molecule has 160 valence electrons. The molecule has 1 saturated heterocycles. The maximum absolute atomic E-state index is 14.2. The Hall–Kier alpha value is -2.99. The lowest BCUT2D eigenvalue weighted by atomic mass is 9.98. The molecule has 0 unspecified atom stereocenters. The number of rotatable bonds is 6. The van der Waals surface area contributed by atoms with Gasteiger partial charge in [-0.3, -0.25) is 14.7 Å². The van der Waals surface area contributed by atoms with Crippen LogP contribution >= 0.6 is 0 Å². The zero-order chi connectivity index (χ0) is 21.6. The first-order valence-corrected chi connectivity index (χ1v) is 10.9. The van der Waals surface area contributed by atoms with Crippen LogP contribution in [-0.2, 0) is 5.54 Å². The molecule has 5 nitrogen and oxygen atoms in total. The standard InChI is InChI=1S/C25H27FN4O/c1-3-30-14-18(15-30)28-17-7-6-16(2)20(13-17)24(31)29-25(10-11-25)21-8-9-22(26)23-19(21)5-4-12-27-23/h4-9,12-13,18,28H,3,10-11,14-15H2,1-2H3,(H,29,31). The second kappa shape index (κ2) is 7.61. The van der Waals surface area contributed by atoms with E-state index in [1.807, 2.05) is 37.3 Å². The van der Waals surface area contributed by atoms with E-state index in [-0.39, 0.29) is 11.7 Å². The van der Waals surface area contributed by atoms with Gasteiger partial charge in [-0.05, 0) is 61.7 Å². The highest BCUT2D eigenvalue weighted by molar-refractivity contribution is 5.98. The number of benzene rings is 2. The topological polar surface area (TPSA) is 57.3 Å². The Balaban J connectivity index is 1.38. The second-order valence-electron chi connectivity index (χ2n) is 8.75. The number of carbonyl (C=O) groups is 1. The van der Waals surface area contributed by atoms with Crippen molar-refractivity contribution in [2.24, 2.45) is 0 Å². The number of likely N-dealkylation sites (N-methyl/N-ethyl adjacent to an activating group) is 1. The third-order valence-electron chi connectivity index (χ3n) is 6.60. The first-order valence-electron chi connectivity index (χ1n) is 10.9. The zero-order valence-electron chi connectivity index (χ0n) is 17.9. The lowest BCUT2D eigenvalue weighted by Crippen LogP contribution is -2.54. The molecule has 0 bridgehead atoms. The Morgan fingerprint density at radius 1 is 1.23 bits per heavy atom. The van der Waals surface area contributed by atoms with Crippen molar-refractivity contribution in [3.05, 3.63) is 71.2 Å². The molecule has 6 heteroatoms. The first kappa shape index (κ1) is 19.9. The fourth-order valence-electron chi connectivity index (χ4n) is 4.54. The monoisotopic (exact) mass is 418 g/mol. The van der Waals surface area contributed by atoms with Crippen LogP contribution in [0.1, 0.15) is 41.3 Å². The first-order chi connectivity index (χ1) is 15.0. The van der Waals surface area contributed by atoms with Gasteiger partial charge >= 0.3 is 0 Å². The van der Waals surface area contributed by atoms with Crippen LogP contribution in [0, 0.1) is 12.7 Å². The molecule has 2 aromatic carbocycles. The quantitative estimate of drug-likeness (QED) is 0.629. The Bertz CT molecular complexity index is 1150. The van der Waals surface area contributed by atoms with Gasteiger partial charge in [0.05, 0.1) is 11.6 Å². The minimum Gasteiger partial charge on any atom is -0.380 e. The van der Waals surface area contributed by atoms with E-state index in [0.717, 1.165) is 54.7 Å². The molecule has 0 atom stereocenters. The van der Waals surface area contributed by atoms with Crippen molar-refractivity contribution in [3.8, 4) is 0 Å². The van der Waals surface area contributed by atoms with Crippen LogP contribution in [0.15, 0.2) is 48.7 Å². The summed E-state index contributed by atoms with van der Waals surface area (Å²) in [6.45, 7) is 7.24. The lowest BCUT2D eigenvalue weighted by Gasteiger charge is -2.39. The smallest absolute Gasteiger partial charge is 0.252 e. The molecule has 0 spiro atoms. The number of hydrogen-bond donors (Lipinski definition) is 2. The lowest BCUT2D eigenvalue weighted by molar-refractivity contribution is 0.0930. The van der Waals surface area contributed by atoms with Gasteiger partial charge in [-0.25, -0.2) is 4.39 Å². The Kier molecular flexibility index (Phi) is 4.89. The van der Waals surface area contributed by atoms with E-state index >= 15 is 0 Å². The maximum Gasteiger partial charge on any atom is 0.252 e. The molecule has 1 aliphatic carbocycles. The van der Waals surface area contributed by atoms with Crippen LogP contribution in [0.2, 0.25) is 0 Å². The minimum atomic E-state index is -0.461. The van der Waals surface area contributed by atoms with Crippen LogP contribution in [0.5, 0.6) is 0 Å². The van der Waals surface area contributed by atoms with Gasteiger partial charge in [0.2, 0.25) is 0 Å². The largest absolute Gasteiger partial charge is 0.380 e. The van der Waals surface area contributed by atoms with E-state index in [9.17, 15) is 9.18 Å². The van der Waals surface area contributed by atoms with Crippen LogP contribution in [0.25, 0.3) is 10.9 Å². The molecule has 31 heavy (non-hydrogen) atoms. The van der Waals surface area contributed by atoms with Gasteiger partial charge in [0.25, 0.3) is 5.91 Å². The van der Waals surface area contributed by atoms with E-state index in [4.69, 9.17) is 0 Å². The summed E-state index contributed by atoms with van der Waals surface area (Å²) in [6.07, 6.45) is 3.26. The maximum atomic E-state index is 14.2. The molecular weight excluding hydrogens is 391 g/mol. The van der Waals surface area contributed by atoms with E-state index in [1.54, 1.807) is 12.3 Å². The molecule has 3 aromatic rings. The summed E-state index contributed by atoms with van der Waals surface area (Å²) in [5, 5.41) is 7.55. The summed E-state index contributed by atoms with van der Waals surface area (Å²) < 4.78 is 14.2. The molecule has 5 rings (SSSR count). The number of carbonyl (C=O) groups excluding carboxylic acids is 1. The molecule has 2 N–H and O–H groups in total. The van der Waals surface area contributed by atoms with Crippen molar-refractivity contribution < 1.29 is 9.18 Å². The van der Waals surface area contributed by atoms with Crippen LogP contribution in [-0.4, -0.2) is 41.5 Å². The molecule has 2 heterocycles. The highest BCUT2D eigenvalue weighted by atomic mass is 19.1. The average molecular weight is 419 g/mol. The number of anilines is 1. The van der Waals surface area contributed by atoms with Gasteiger partial charge in [-0.1, -0.05) is 25.1 Å². The molecule has 1 saturated carbocycles. The van der Waals surface area contributed by atoms with Gasteiger partial charge in [-0.2, -0.15) is 0 Å². The SMILES string of the molecule is CCN1CC(Nc2ccc(C)c(C(=O)NC3(c4ccc(F)c5ncccc45)CC3)c2)C1. The minimum absolute atomic E-state index is 0.0937. The highest BCUT2D eigenvalue weighted by Gasteiger charge is 2.47. The summed E-state index contributed by atoms with van der Waals surface area (Å²) in [5.74, 6) is -0.433.